The van der Waals surface area contributed by atoms with E-state index in [-0.39, 0.29) is 0 Å². The van der Waals surface area contributed by atoms with Gasteiger partial charge in [0.25, 0.3) is 0 Å². The van der Waals surface area contributed by atoms with E-state index in [9.17, 15) is 0 Å². The summed E-state index contributed by atoms with van der Waals surface area (Å²) in [5.41, 5.74) is 1.27. The van der Waals surface area contributed by atoms with Gasteiger partial charge in [-0.05, 0) is 19.8 Å². The fourth-order valence-electron chi connectivity index (χ4n) is 1.38. The Morgan fingerprint density at radius 3 is 3.00 bits per heavy atom. The Kier molecular flexibility index (Phi) is 4.16. The van der Waals surface area contributed by atoms with Gasteiger partial charge in [0.05, 0.1) is 12.7 Å². The Morgan fingerprint density at radius 1 is 1.67 bits per heavy atom. The molecule has 0 aliphatic carbocycles. The number of hydrogen-bond donors (Lipinski definition) is 0. The van der Waals surface area contributed by atoms with Crippen molar-refractivity contribution in [3.05, 3.63) is 12.2 Å². The predicted molar refractivity (Wildman–Crippen MR) is 55.7 cm³/mol. The van der Waals surface area contributed by atoms with Crippen molar-refractivity contribution in [3.63, 3.8) is 0 Å². The summed E-state index contributed by atoms with van der Waals surface area (Å²) in [4.78, 5) is 0. The molecule has 1 aliphatic rings. The van der Waals surface area contributed by atoms with Crippen LogP contribution < -0.4 is 0 Å². The van der Waals surface area contributed by atoms with E-state index in [2.05, 4.69) is 20.4 Å². The molecule has 0 saturated carbocycles. The summed E-state index contributed by atoms with van der Waals surface area (Å²) in [5.74, 6) is 1.16. The average molecular weight is 186 g/mol. The monoisotopic (exact) mass is 186 g/mol. The molecule has 0 N–H and O–H groups in total. The fourth-order valence-corrected chi connectivity index (χ4v) is 2.38. The van der Waals surface area contributed by atoms with Crippen molar-refractivity contribution in [2.24, 2.45) is 0 Å². The van der Waals surface area contributed by atoms with Gasteiger partial charge in [-0.1, -0.05) is 12.5 Å². The summed E-state index contributed by atoms with van der Waals surface area (Å²) in [6.45, 7) is 9.17. The molecule has 70 valence electrons. The van der Waals surface area contributed by atoms with Crippen LogP contribution in [0.25, 0.3) is 0 Å². The van der Waals surface area contributed by atoms with Crippen molar-refractivity contribution in [2.75, 3.05) is 12.4 Å². The first-order valence-corrected chi connectivity index (χ1v) is 5.62. The van der Waals surface area contributed by atoms with Crippen molar-refractivity contribution in [2.45, 2.75) is 38.0 Å². The highest BCUT2D eigenvalue weighted by Gasteiger charge is 2.21. The maximum absolute atomic E-state index is 5.68. The molecule has 12 heavy (non-hydrogen) atoms. The highest BCUT2D eigenvalue weighted by molar-refractivity contribution is 8.00. The Labute approximate surface area is 79.6 Å². The van der Waals surface area contributed by atoms with Gasteiger partial charge in [-0.25, -0.2) is 0 Å². The van der Waals surface area contributed by atoms with Gasteiger partial charge in [-0.15, -0.1) is 6.58 Å². The molecule has 0 bridgehead atoms. The third-order valence-electron chi connectivity index (χ3n) is 2.18. The zero-order valence-electron chi connectivity index (χ0n) is 8.01. The first-order valence-electron chi connectivity index (χ1n) is 4.57. The van der Waals surface area contributed by atoms with Crippen LogP contribution in [0.1, 0.15) is 26.7 Å². The Morgan fingerprint density at radius 2 is 2.42 bits per heavy atom. The van der Waals surface area contributed by atoms with Gasteiger partial charge < -0.3 is 4.74 Å². The zero-order valence-corrected chi connectivity index (χ0v) is 8.82. The minimum absolute atomic E-state index is 0.459. The van der Waals surface area contributed by atoms with E-state index in [0.717, 1.165) is 25.2 Å². The Bertz CT molecular complexity index is 156. The summed E-state index contributed by atoms with van der Waals surface area (Å²) >= 11 is 2.02. The second kappa shape index (κ2) is 4.93. The van der Waals surface area contributed by atoms with Crippen LogP contribution in [0.15, 0.2) is 12.2 Å². The molecule has 1 nitrogen and oxygen atoms in total. The third-order valence-corrected chi connectivity index (χ3v) is 3.41. The van der Waals surface area contributed by atoms with Gasteiger partial charge in [0.2, 0.25) is 0 Å². The van der Waals surface area contributed by atoms with Crippen molar-refractivity contribution in [1.29, 1.82) is 0 Å². The third kappa shape index (κ3) is 3.20. The molecule has 0 amide bonds. The second-order valence-electron chi connectivity index (χ2n) is 3.48. The van der Waals surface area contributed by atoms with Crippen LogP contribution in [-0.4, -0.2) is 23.7 Å². The molecule has 0 aromatic carbocycles. The lowest BCUT2D eigenvalue weighted by atomic mass is 10.1. The molecule has 2 heteroatoms. The number of hydrogen-bond acceptors (Lipinski definition) is 2. The van der Waals surface area contributed by atoms with E-state index in [0.29, 0.717) is 11.4 Å². The Balaban J connectivity index is 2.24. The number of thioether (sulfide) groups is 1. The fraction of sp³-hybridized carbons (Fsp3) is 0.800. The molecular weight excluding hydrogens is 168 g/mol. The molecule has 0 aromatic heterocycles. The van der Waals surface area contributed by atoms with Crippen molar-refractivity contribution >= 4 is 11.8 Å². The summed E-state index contributed by atoms with van der Waals surface area (Å²) in [6, 6.07) is 0. The van der Waals surface area contributed by atoms with E-state index < -0.39 is 0 Å². The predicted octanol–water partition coefficient (Wildman–Crippen LogP) is 2.86. The maximum atomic E-state index is 5.68. The standard InChI is InChI=1S/C10H18OS/c1-8(2)4-5-10-9(3)12-7-6-11-10/h9-10H,1,4-7H2,2-3H3/t9-,10?/m1/s1. The van der Waals surface area contributed by atoms with E-state index in [1.165, 1.54) is 5.57 Å². The summed E-state index contributed by atoms with van der Waals surface area (Å²) in [5, 5.41) is 0.665. The topological polar surface area (TPSA) is 9.23 Å². The lowest BCUT2D eigenvalue weighted by Gasteiger charge is -2.28. The van der Waals surface area contributed by atoms with Gasteiger partial charge in [-0.3, -0.25) is 0 Å². The molecule has 1 rings (SSSR count). The van der Waals surface area contributed by atoms with Crippen LogP contribution in [0.2, 0.25) is 0 Å². The molecular formula is C10H18OS. The zero-order chi connectivity index (χ0) is 8.97. The molecule has 0 radical (unpaired) electrons. The smallest absolute Gasteiger partial charge is 0.0694 e. The Hall–Kier alpha value is 0.0500. The minimum Gasteiger partial charge on any atom is -0.376 e. The van der Waals surface area contributed by atoms with Gasteiger partial charge in [-0.2, -0.15) is 11.8 Å². The first-order chi connectivity index (χ1) is 5.70. The van der Waals surface area contributed by atoms with Gasteiger partial charge in [0.15, 0.2) is 0 Å². The van der Waals surface area contributed by atoms with Crippen LogP contribution in [0.3, 0.4) is 0 Å². The van der Waals surface area contributed by atoms with E-state index in [1.54, 1.807) is 0 Å². The van der Waals surface area contributed by atoms with E-state index in [1.807, 2.05) is 11.8 Å². The molecule has 1 saturated heterocycles. The average Bonchev–Trinajstić information content (AvgIpc) is 2.03. The SMILES string of the molecule is C=C(C)CCC1OCCS[C@@H]1C. The van der Waals surface area contributed by atoms with Crippen LogP contribution in [0.5, 0.6) is 0 Å². The highest BCUT2D eigenvalue weighted by atomic mass is 32.2. The largest absolute Gasteiger partial charge is 0.376 e. The first kappa shape index (κ1) is 10.1. The van der Waals surface area contributed by atoms with E-state index >= 15 is 0 Å². The van der Waals surface area contributed by atoms with Crippen LogP contribution in [0.4, 0.5) is 0 Å². The molecule has 1 unspecified atom stereocenters. The number of rotatable bonds is 3. The lowest BCUT2D eigenvalue weighted by molar-refractivity contribution is 0.0533. The van der Waals surface area contributed by atoms with Crippen LogP contribution in [0, 0.1) is 0 Å². The lowest BCUT2D eigenvalue weighted by Crippen LogP contribution is -2.30. The highest BCUT2D eigenvalue weighted by Crippen LogP contribution is 2.25. The summed E-state index contributed by atoms with van der Waals surface area (Å²) in [6.07, 6.45) is 2.71. The van der Waals surface area contributed by atoms with Gasteiger partial charge >= 0.3 is 0 Å². The molecule has 1 heterocycles. The second-order valence-corrected chi connectivity index (χ2v) is 4.97. The van der Waals surface area contributed by atoms with Crippen LogP contribution in [-0.2, 0) is 4.74 Å². The molecule has 1 fully saturated rings. The van der Waals surface area contributed by atoms with Gasteiger partial charge in [0, 0.05) is 11.0 Å². The minimum atomic E-state index is 0.459. The molecule has 2 atom stereocenters. The van der Waals surface area contributed by atoms with Crippen LogP contribution >= 0.6 is 11.8 Å². The maximum Gasteiger partial charge on any atom is 0.0694 e. The molecule has 0 aromatic rings. The summed E-state index contributed by atoms with van der Waals surface area (Å²) < 4.78 is 5.68. The molecule has 0 spiro atoms. The van der Waals surface area contributed by atoms with E-state index in [4.69, 9.17) is 4.74 Å². The number of allylic oxidation sites excluding steroid dienone is 1. The van der Waals surface area contributed by atoms with Crippen molar-refractivity contribution in [1.82, 2.24) is 0 Å². The normalized spacial score (nSPS) is 30.2. The molecule has 1 aliphatic heterocycles. The summed E-state index contributed by atoms with van der Waals surface area (Å²) in [7, 11) is 0. The van der Waals surface area contributed by atoms with Crippen molar-refractivity contribution in [3.8, 4) is 0 Å². The van der Waals surface area contributed by atoms with Gasteiger partial charge in [0.1, 0.15) is 0 Å². The quantitative estimate of drug-likeness (QED) is 0.627. The number of ether oxygens (including phenoxy) is 1. The van der Waals surface area contributed by atoms with Crippen molar-refractivity contribution < 1.29 is 4.74 Å².